The molecule has 0 amide bonds. The molecule has 7 nitrogen and oxygen atoms in total. The van der Waals surface area contributed by atoms with E-state index in [1.54, 1.807) is 12.1 Å². The maximum atomic E-state index is 11.4. The molecule has 0 bridgehead atoms. The number of hydrogen-bond donors (Lipinski definition) is 1. The Labute approximate surface area is 164 Å². The Kier molecular flexibility index (Phi) is 5.01. The van der Waals surface area contributed by atoms with Crippen LogP contribution in [0.4, 0.5) is 5.69 Å². The molecule has 146 valence electrons. The first-order chi connectivity index (χ1) is 13.4. The van der Waals surface area contributed by atoms with Gasteiger partial charge in [0.25, 0.3) is 0 Å². The van der Waals surface area contributed by atoms with Crippen LogP contribution in [0.2, 0.25) is 0 Å². The minimum atomic E-state index is -3.65. The largest absolute Gasteiger partial charge is 0.369 e. The van der Waals surface area contributed by atoms with Gasteiger partial charge >= 0.3 is 0 Å². The van der Waals surface area contributed by atoms with Gasteiger partial charge in [0, 0.05) is 42.9 Å². The number of nitrogens with zero attached hydrogens (tertiary/aromatic N) is 4. The van der Waals surface area contributed by atoms with Crippen LogP contribution in [0.25, 0.3) is 10.9 Å². The van der Waals surface area contributed by atoms with Gasteiger partial charge in [0.1, 0.15) is 5.82 Å². The van der Waals surface area contributed by atoms with Gasteiger partial charge in [-0.25, -0.2) is 23.5 Å². The fourth-order valence-corrected chi connectivity index (χ4v) is 4.09. The molecule has 0 aliphatic carbocycles. The molecule has 8 heteroatoms. The minimum absolute atomic E-state index is 0.138. The van der Waals surface area contributed by atoms with Crippen LogP contribution in [0.15, 0.2) is 53.4 Å². The van der Waals surface area contributed by atoms with Crippen molar-refractivity contribution in [1.29, 1.82) is 0 Å². The molecule has 2 N–H and O–H groups in total. The molecule has 0 unspecified atom stereocenters. The third kappa shape index (κ3) is 3.99. The van der Waals surface area contributed by atoms with E-state index in [9.17, 15) is 8.42 Å². The lowest BCUT2D eigenvalue weighted by Crippen LogP contribution is -2.46. The molecule has 0 atom stereocenters. The van der Waals surface area contributed by atoms with Crippen molar-refractivity contribution in [2.45, 2.75) is 18.4 Å². The summed E-state index contributed by atoms with van der Waals surface area (Å²) in [5, 5.41) is 6.26. The van der Waals surface area contributed by atoms with Gasteiger partial charge in [0.2, 0.25) is 10.0 Å². The Balaban J connectivity index is 1.40. The Bertz CT molecular complexity index is 1090. The zero-order valence-electron chi connectivity index (χ0n) is 15.7. The number of fused-ring (bicyclic) bond motifs is 1. The molecule has 3 aromatic rings. The highest BCUT2D eigenvalue weighted by Crippen LogP contribution is 2.20. The number of piperazine rings is 1. The fraction of sp³-hybridized carbons (Fsp3) is 0.300. The van der Waals surface area contributed by atoms with Crippen LogP contribution in [0, 0.1) is 6.92 Å². The molecule has 0 saturated carbocycles. The first kappa shape index (κ1) is 18.8. The molecular formula is C20H23N5O2S. The van der Waals surface area contributed by atoms with E-state index in [2.05, 4.69) is 14.8 Å². The Morgan fingerprint density at radius 3 is 2.32 bits per heavy atom. The zero-order chi connectivity index (χ0) is 19.7. The molecule has 1 fully saturated rings. The second-order valence-corrected chi connectivity index (χ2v) is 8.61. The minimum Gasteiger partial charge on any atom is -0.369 e. The maximum Gasteiger partial charge on any atom is 0.238 e. The maximum absolute atomic E-state index is 11.4. The van der Waals surface area contributed by atoms with Crippen LogP contribution in [-0.4, -0.2) is 49.5 Å². The first-order valence-electron chi connectivity index (χ1n) is 9.22. The van der Waals surface area contributed by atoms with Crippen molar-refractivity contribution in [1.82, 2.24) is 14.9 Å². The number of nitrogens with two attached hydrogens (primary N) is 1. The quantitative estimate of drug-likeness (QED) is 0.723. The summed E-state index contributed by atoms with van der Waals surface area (Å²) >= 11 is 0. The van der Waals surface area contributed by atoms with Gasteiger partial charge in [-0.2, -0.15) is 0 Å². The van der Waals surface area contributed by atoms with Crippen LogP contribution in [-0.2, 0) is 16.6 Å². The van der Waals surface area contributed by atoms with E-state index in [1.807, 2.05) is 43.3 Å². The second-order valence-electron chi connectivity index (χ2n) is 7.04. The summed E-state index contributed by atoms with van der Waals surface area (Å²) in [6, 6.07) is 14.8. The number of anilines is 1. The summed E-state index contributed by atoms with van der Waals surface area (Å²) in [4.78, 5) is 14.1. The highest BCUT2D eigenvalue weighted by atomic mass is 32.2. The van der Waals surface area contributed by atoms with Gasteiger partial charge in [-0.1, -0.05) is 18.2 Å². The highest BCUT2D eigenvalue weighted by Gasteiger charge is 2.19. The average Bonchev–Trinajstić information content (AvgIpc) is 2.68. The van der Waals surface area contributed by atoms with Crippen molar-refractivity contribution in [3.63, 3.8) is 0 Å². The number of hydrogen-bond acceptors (Lipinski definition) is 6. The molecule has 2 heterocycles. The number of rotatable bonds is 4. The number of para-hydroxylation sites is 1. The topological polar surface area (TPSA) is 92.4 Å². The molecule has 4 rings (SSSR count). The SMILES string of the molecule is Cc1nc(CN2CCN(c3ccc(S(N)(=O)=O)cc3)CC2)nc2ccccc12. The van der Waals surface area contributed by atoms with Crippen LogP contribution in [0.1, 0.15) is 11.5 Å². The lowest BCUT2D eigenvalue weighted by molar-refractivity contribution is 0.244. The highest BCUT2D eigenvalue weighted by molar-refractivity contribution is 7.89. The Morgan fingerprint density at radius 1 is 0.964 bits per heavy atom. The smallest absolute Gasteiger partial charge is 0.238 e. The van der Waals surface area contributed by atoms with Crippen molar-refractivity contribution < 1.29 is 8.42 Å². The summed E-state index contributed by atoms with van der Waals surface area (Å²) in [7, 11) is -3.65. The van der Waals surface area contributed by atoms with E-state index in [4.69, 9.17) is 10.1 Å². The molecular weight excluding hydrogens is 374 g/mol. The normalized spacial score (nSPS) is 15.9. The number of primary sulfonamides is 1. The average molecular weight is 398 g/mol. The molecule has 1 saturated heterocycles. The standard InChI is InChI=1S/C20H23N5O2S/c1-15-18-4-2-3-5-19(18)23-20(22-15)14-24-10-12-25(13-11-24)16-6-8-17(9-7-16)28(21,26)27/h2-9H,10-14H2,1H3,(H2,21,26,27). The van der Waals surface area contributed by atoms with E-state index < -0.39 is 10.0 Å². The van der Waals surface area contributed by atoms with E-state index in [-0.39, 0.29) is 4.90 Å². The third-order valence-corrected chi connectivity index (χ3v) is 6.04. The van der Waals surface area contributed by atoms with Gasteiger partial charge in [-0.15, -0.1) is 0 Å². The van der Waals surface area contributed by atoms with Gasteiger partial charge < -0.3 is 4.90 Å². The van der Waals surface area contributed by atoms with Crippen molar-refractivity contribution in [3.8, 4) is 0 Å². The van der Waals surface area contributed by atoms with Crippen molar-refractivity contribution in [3.05, 3.63) is 60.0 Å². The van der Waals surface area contributed by atoms with E-state index in [0.717, 1.165) is 60.8 Å². The Hall–Kier alpha value is -2.55. The molecule has 1 aliphatic heterocycles. The first-order valence-corrected chi connectivity index (χ1v) is 10.8. The summed E-state index contributed by atoms with van der Waals surface area (Å²) in [6.07, 6.45) is 0. The van der Waals surface area contributed by atoms with E-state index in [0.29, 0.717) is 0 Å². The zero-order valence-corrected chi connectivity index (χ0v) is 16.6. The second kappa shape index (κ2) is 7.46. The van der Waals surface area contributed by atoms with E-state index in [1.165, 1.54) is 0 Å². The predicted molar refractivity (Wildman–Crippen MR) is 110 cm³/mol. The summed E-state index contributed by atoms with van der Waals surface area (Å²) < 4.78 is 22.8. The van der Waals surface area contributed by atoms with Crippen LogP contribution in [0.3, 0.4) is 0 Å². The number of sulfonamides is 1. The monoisotopic (exact) mass is 397 g/mol. The van der Waals surface area contributed by atoms with Crippen molar-refractivity contribution in [2.75, 3.05) is 31.1 Å². The van der Waals surface area contributed by atoms with Crippen molar-refractivity contribution in [2.24, 2.45) is 5.14 Å². The summed E-state index contributed by atoms with van der Waals surface area (Å²) in [5.74, 6) is 0.849. The fourth-order valence-electron chi connectivity index (χ4n) is 3.58. The molecule has 2 aromatic carbocycles. The van der Waals surface area contributed by atoms with Crippen LogP contribution >= 0.6 is 0 Å². The van der Waals surface area contributed by atoms with Gasteiger partial charge in [-0.05, 0) is 37.3 Å². The van der Waals surface area contributed by atoms with Gasteiger partial charge in [0.15, 0.2) is 0 Å². The predicted octanol–water partition coefficient (Wildman–Crippen LogP) is 1.91. The lowest BCUT2D eigenvalue weighted by Gasteiger charge is -2.35. The molecule has 1 aliphatic rings. The molecule has 0 spiro atoms. The number of aryl methyl sites for hydroxylation is 1. The van der Waals surface area contributed by atoms with Crippen molar-refractivity contribution >= 4 is 26.6 Å². The summed E-state index contributed by atoms with van der Waals surface area (Å²) in [6.45, 7) is 6.27. The molecule has 0 radical (unpaired) electrons. The molecule has 1 aromatic heterocycles. The summed E-state index contributed by atoms with van der Waals surface area (Å²) in [5.41, 5.74) is 3.00. The number of benzene rings is 2. The third-order valence-electron chi connectivity index (χ3n) is 5.11. The van der Waals surface area contributed by atoms with Crippen LogP contribution < -0.4 is 10.0 Å². The molecule has 28 heavy (non-hydrogen) atoms. The van der Waals surface area contributed by atoms with Gasteiger partial charge in [-0.3, -0.25) is 4.90 Å². The van der Waals surface area contributed by atoms with Gasteiger partial charge in [0.05, 0.1) is 17.0 Å². The Morgan fingerprint density at radius 2 is 1.64 bits per heavy atom. The lowest BCUT2D eigenvalue weighted by atomic mass is 10.2. The van der Waals surface area contributed by atoms with E-state index >= 15 is 0 Å². The number of aromatic nitrogens is 2. The van der Waals surface area contributed by atoms with Crippen LogP contribution in [0.5, 0.6) is 0 Å².